The van der Waals surface area contributed by atoms with Gasteiger partial charge in [-0.3, -0.25) is 14.7 Å². The van der Waals surface area contributed by atoms with Crippen LogP contribution in [0, 0.1) is 0 Å². The van der Waals surface area contributed by atoms with Crippen LogP contribution in [0.15, 0.2) is 59.6 Å². The number of aliphatic imine (C=N–C) groups is 1. The number of nitrogens with one attached hydrogen (secondary N) is 3. The molecule has 1 aliphatic rings. The summed E-state index contributed by atoms with van der Waals surface area (Å²) in [5, 5.41) is 9.54. The first-order valence-corrected chi connectivity index (χ1v) is 10.9. The van der Waals surface area contributed by atoms with Gasteiger partial charge in [0.05, 0.1) is 12.6 Å². The minimum atomic E-state index is -0.101. The molecule has 0 radical (unpaired) electrons. The molecule has 1 aliphatic heterocycles. The van der Waals surface area contributed by atoms with Gasteiger partial charge in [0.25, 0.3) is 0 Å². The first-order valence-electron chi connectivity index (χ1n) is 10.9. The highest BCUT2D eigenvalue weighted by atomic mass is 127. The Bertz CT molecular complexity index is 856. The van der Waals surface area contributed by atoms with Gasteiger partial charge in [-0.2, -0.15) is 0 Å². The number of anilines is 1. The molecule has 174 valence electrons. The number of halogens is 1. The van der Waals surface area contributed by atoms with Crippen LogP contribution in [0.1, 0.15) is 31.4 Å². The number of carbonyl (C=O) groups excluding carboxylic acids is 1. The fourth-order valence-electron chi connectivity index (χ4n) is 3.81. The molecule has 0 bridgehead atoms. The molecule has 0 saturated carbocycles. The van der Waals surface area contributed by atoms with E-state index >= 15 is 0 Å². The number of guanidine groups is 1. The lowest BCUT2D eigenvalue weighted by atomic mass is 10.1. The molecule has 0 spiro atoms. The van der Waals surface area contributed by atoms with E-state index in [1.54, 1.807) is 7.05 Å². The molecule has 1 amide bonds. The molecule has 2 aromatic rings. The summed E-state index contributed by atoms with van der Waals surface area (Å²) in [4.78, 5) is 18.1. The van der Waals surface area contributed by atoms with Crippen molar-refractivity contribution in [2.75, 3.05) is 45.2 Å². The average molecular weight is 551 g/mol. The van der Waals surface area contributed by atoms with Crippen molar-refractivity contribution >= 4 is 41.5 Å². The average Bonchev–Trinajstić information content (AvgIpc) is 3.30. The van der Waals surface area contributed by atoms with E-state index in [4.69, 9.17) is 4.74 Å². The van der Waals surface area contributed by atoms with Gasteiger partial charge in [0.15, 0.2) is 5.96 Å². The number of carbonyl (C=O) groups is 1. The molecule has 3 N–H and O–H groups in total. The van der Waals surface area contributed by atoms with Crippen LogP contribution in [-0.2, 0) is 4.79 Å². The van der Waals surface area contributed by atoms with Gasteiger partial charge < -0.3 is 20.7 Å². The third-order valence-corrected chi connectivity index (χ3v) is 5.27. The van der Waals surface area contributed by atoms with Crippen LogP contribution < -0.4 is 20.7 Å². The second-order valence-electron chi connectivity index (χ2n) is 7.61. The maximum Gasteiger partial charge on any atom is 0.221 e. The van der Waals surface area contributed by atoms with Crippen LogP contribution in [0.5, 0.6) is 5.75 Å². The molecule has 8 heteroatoms. The standard InChI is InChI=1S/C24H33N5O2.HI/c1-19(30)28-21-11-8-12-22(17-21)31-16-13-26-24(25-2)27-18-23(29-14-6-7-15-29)20-9-4-3-5-10-20;/h3-5,8-12,17,23H,6-7,13-16,18H2,1-2H3,(H,28,30)(H2,25,26,27);1H. The van der Waals surface area contributed by atoms with Crippen molar-refractivity contribution in [2.24, 2.45) is 4.99 Å². The highest BCUT2D eigenvalue weighted by Crippen LogP contribution is 2.24. The molecule has 1 saturated heterocycles. The topological polar surface area (TPSA) is 78.0 Å². The third-order valence-electron chi connectivity index (χ3n) is 5.27. The number of ether oxygens (including phenoxy) is 1. The number of amides is 1. The van der Waals surface area contributed by atoms with Crippen LogP contribution in [0.4, 0.5) is 5.69 Å². The fourth-order valence-corrected chi connectivity index (χ4v) is 3.81. The highest BCUT2D eigenvalue weighted by Gasteiger charge is 2.23. The van der Waals surface area contributed by atoms with Gasteiger partial charge in [0, 0.05) is 32.3 Å². The molecule has 1 fully saturated rings. The summed E-state index contributed by atoms with van der Waals surface area (Å²) in [6.07, 6.45) is 2.52. The van der Waals surface area contributed by atoms with E-state index in [2.05, 4.69) is 56.2 Å². The van der Waals surface area contributed by atoms with Gasteiger partial charge in [0.2, 0.25) is 5.91 Å². The Hall–Kier alpha value is -2.33. The smallest absolute Gasteiger partial charge is 0.221 e. The molecule has 2 aromatic carbocycles. The van der Waals surface area contributed by atoms with Gasteiger partial charge in [-0.25, -0.2) is 0 Å². The Morgan fingerprint density at radius 1 is 1.09 bits per heavy atom. The Morgan fingerprint density at radius 2 is 1.84 bits per heavy atom. The van der Waals surface area contributed by atoms with E-state index < -0.39 is 0 Å². The molecule has 3 rings (SSSR count). The zero-order valence-corrected chi connectivity index (χ0v) is 21.2. The number of benzene rings is 2. The Kier molecular flexibility index (Phi) is 11.3. The summed E-state index contributed by atoms with van der Waals surface area (Å²) >= 11 is 0. The van der Waals surface area contributed by atoms with E-state index in [0.717, 1.165) is 31.3 Å². The summed E-state index contributed by atoms with van der Waals surface area (Å²) in [5.74, 6) is 1.38. The Balaban J connectivity index is 0.00000363. The minimum absolute atomic E-state index is 0. The van der Waals surface area contributed by atoms with Crippen LogP contribution in [0.3, 0.4) is 0 Å². The second-order valence-corrected chi connectivity index (χ2v) is 7.61. The van der Waals surface area contributed by atoms with Crippen molar-refractivity contribution in [3.63, 3.8) is 0 Å². The number of likely N-dealkylation sites (tertiary alicyclic amines) is 1. The predicted octanol–water partition coefficient (Wildman–Crippen LogP) is 3.64. The molecule has 1 heterocycles. The van der Waals surface area contributed by atoms with Crippen molar-refractivity contribution in [2.45, 2.75) is 25.8 Å². The van der Waals surface area contributed by atoms with Gasteiger partial charge >= 0.3 is 0 Å². The molecule has 32 heavy (non-hydrogen) atoms. The van der Waals surface area contributed by atoms with Gasteiger partial charge in [-0.1, -0.05) is 36.4 Å². The molecule has 0 aromatic heterocycles. The first-order chi connectivity index (χ1) is 15.2. The highest BCUT2D eigenvalue weighted by molar-refractivity contribution is 14.0. The molecular weight excluding hydrogens is 517 g/mol. The van der Waals surface area contributed by atoms with Crippen LogP contribution in [-0.4, -0.2) is 56.6 Å². The van der Waals surface area contributed by atoms with E-state index in [0.29, 0.717) is 24.9 Å². The monoisotopic (exact) mass is 551 g/mol. The fraction of sp³-hybridized carbons (Fsp3) is 0.417. The van der Waals surface area contributed by atoms with Crippen molar-refractivity contribution in [1.82, 2.24) is 15.5 Å². The number of hydrogen-bond acceptors (Lipinski definition) is 4. The lowest BCUT2D eigenvalue weighted by Gasteiger charge is -2.29. The van der Waals surface area contributed by atoms with Crippen molar-refractivity contribution < 1.29 is 9.53 Å². The molecule has 0 aliphatic carbocycles. The van der Waals surface area contributed by atoms with E-state index in [-0.39, 0.29) is 29.9 Å². The maximum atomic E-state index is 11.2. The van der Waals surface area contributed by atoms with Crippen molar-refractivity contribution in [3.05, 3.63) is 60.2 Å². The van der Waals surface area contributed by atoms with Crippen molar-refractivity contribution in [1.29, 1.82) is 0 Å². The Labute approximate surface area is 208 Å². The first kappa shape index (κ1) is 25.9. The quantitative estimate of drug-likeness (QED) is 0.192. The summed E-state index contributed by atoms with van der Waals surface area (Å²) in [6, 6.07) is 18.4. The zero-order valence-electron chi connectivity index (χ0n) is 18.8. The van der Waals surface area contributed by atoms with E-state index in [1.165, 1.54) is 25.3 Å². The van der Waals surface area contributed by atoms with Gasteiger partial charge in [-0.15, -0.1) is 24.0 Å². The van der Waals surface area contributed by atoms with Crippen molar-refractivity contribution in [3.8, 4) is 5.75 Å². The van der Waals surface area contributed by atoms with Crippen LogP contribution in [0.25, 0.3) is 0 Å². The van der Waals surface area contributed by atoms with Gasteiger partial charge in [-0.05, 0) is 43.6 Å². The largest absolute Gasteiger partial charge is 0.492 e. The van der Waals surface area contributed by atoms with E-state index in [1.807, 2.05) is 24.3 Å². The normalized spacial score (nSPS) is 14.9. The molecule has 7 nitrogen and oxygen atoms in total. The lowest BCUT2D eigenvalue weighted by Crippen LogP contribution is -2.43. The number of nitrogens with zero attached hydrogens (tertiary/aromatic N) is 2. The molecular formula is C24H34IN5O2. The summed E-state index contributed by atoms with van der Waals surface area (Å²) in [6.45, 7) is 5.66. The number of rotatable bonds is 9. The second kappa shape index (κ2) is 13.9. The summed E-state index contributed by atoms with van der Waals surface area (Å²) < 4.78 is 5.79. The predicted molar refractivity (Wildman–Crippen MR) is 141 cm³/mol. The maximum absolute atomic E-state index is 11.2. The minimum Gasteiger partial charge on any atom is -0.492 e. The zero-order chi connectivity index (χ0) is 21.9. The molecule has 1 atom stereocenters. The third kappa shape index (κ3) is 8.31. The molecule has 1 unspecified atom stereocenters. The van der Waals surface area contributed by atoms with Crippen LogP contribution in [0.2, 0.25) is 0 Å². The summed E-state index contributed by atoms with van der Waals surface area (Å²) in [5.41, 5.74) is 2.05. The SMILES string of the molecule is CN=C(NCCOc1cccc(NC(C)=O)c1)NCC(c1ccccc1)N1CCCC1.I. The van der Waals surface area contributed by atoms with E-state index in [9.17, 15) is 4.79 Å². The number of hydrogen-bond donors (Lipinski definition) is 3. The lowest BCUT2D eigenvalue weighted by molar-refractivity contribution is -0.114. The Morgan fingerprint density at radius 3 is 2.53 bits per heavy atom. The van der Waals surface area contributed by atoms with Gasteiger partial charge in [0.1, 0.15) is 12.4 Å². The van der Waals surface area contributed by atoms with Crippen LogP contribution >= 0.6 is 24.0 Å². The summed E-state index contributed by atoms with van der Waals surface area (Å²) in [7, 11) is 1.78.